The molecule has 1 aliphatic rings. The van der Waals surface area contributed by atoms with Crippen LogP contribution in [-0.2, 0) is 4.74 Å². The molecular formula is C14H23N3O2. The third kappa shape index (κ3) is 3.30. The maximum absolute atomic E-state index is 9.54. The van der Waals surface area contributed by atoms with Crippen LogP contribution in [0.3, 0.4) is 0 Å². The van der Waals surface area contributed by atoms with Crippen LogP contribution in [0.4, 0.5) is 0 Å². The van der Waals surface area contributed by atoms with Gasteiger partial charge in [0.2, 0.25) is 0 Å². The molecule has 3 atom stereocenters. The van der Waals surface area contributed by atoms with E-state index in [4.69, 9.17) is 10.5 Å². The summed E-state index contributed by atoms with van der Waals surface area (Å²) < 4.78 is 5.45. The Balaban J connectivity index is 2.26. The lowest BCUT2D eigenvalue weighted by molar-refractivity contribution is -0.0528. The molecule has 0 bridgehead atoms. The summed E-state index contributed by atoms with van der Waals surface area (Å²) in [6.07, 6.45) is 4.47. The number of aromatic nitrogens is 1. The van der Waals surface area contributed by atoms with Gasteiger partial charge in [0.15, 0.2) is 0 Å². The van der Waals surface area contributed by atoms with Crippen molar-refractivity contribution in [2.24, 2.45) is 5.73 Å². The summed E-state index contributed by atoms with van der Waals surface area (Å²) in [4.78, 5) is 6.33. The van der Waals surface area contributed by atoms with Crippen LogP contribution in [0, 0.1) is 0 Å². The average molecular weight is 265 g/mol. The first-order valence-electron chi connectivity index (χ1n) is 6.87. The number of aliphatic hydroxyl groups excluding tert-OH is 1. The molecular weight excluding hydrogens is 242 g/mol. The Bertz CT molecular complexity index is 374. The number of hydrogen-bond acceptors (Lipinski definition) is 5. The van der Waals surface area contributed by atoms with Crippen molar-refractivity contribution in [1.29, 1.82) is 0 Å². The van der Waals surface area contributed by atoms with Gasteiger partial charge in [0.05, 0.1) is 31.9 Å². The summed E-state index contributed by atoms with van der Waals surface area (Å²) in [6.45, 7) is 4.24. The van der Waals surface area contributed by atoms with Crippen LogP contribution in [0.2, 0.25) is 0 Å². The van der Waals surface area contributed by atoms with Crippen molar-refractivity contribution >= 4 is 0 Å². The quantitative estimate of drug-likeness (QED) is 0.813. The highest BCUT2D eigenvalue weighted by Gasteiger charge is 2.32. The topological polar surface area (TPSA) is 71.6 Å². The molecule has 1 saturated heterocycles. The maximum Gasteiger partial charge on any atom is 0.0645 e. The zero-order valence-corrected chi connectivity index (χ0v) is 11.4. The summed E-state index contributed by atoms with van der Waals surface area (Å²) in [7, 11) is 0. The van der Waals surface area contributed by atoms with Crippen molar-refractivity contribution in [3.63, 3.8) is 0 Å². The molecule has 1 fully saturated rings. The molecule has 1 aliphatic heterocycles. The van der Waals surface area contributed by atoms with Gasteiger partial charge in [0, 0.05) is 25.0 Å². The first-order valence-corrected chi connectivity index (χ1v) is 6.87. The van der Waals surface area contributed by atoms with E-state index in [0.29, 0.717) is 13.2 Å². The number of pyridine rings is 1. The predicted molar refractivity (Wildman–Crippen MR) is 73.6 cm³/mol. The highest BCUT2D eigenvalue weighted by atomic mass is 16.5. The molecule has 3 N–H and O–H groups in total. The van der Waals surface area contributed by atoms with Crippen molar-refractivity contribution < 1.29 is 9.84 Å². The second-order valence-electron chi connectivity index (χ2n) is 4.95. The van der Waals surface area contributed by atoms with Crippen molar-refractivity contribution in [2.45, 2.75) is 31.5 Å². The maximum atomic E-state index is 9.54. The average Bonchev–Trinajstić information content (AvgIpc) is 2.49. The van der Waals surface area contributed by atoms with Gasteiger partial charge in [0.25, 0.3) is 0 Å². The highest BCUT2D eigenvalue weighted by Crippen LogP contribution is 2.28. The van der Waals surface area contributed by atoms with Gasteiger partial charge >= 0.3 is 0 Å². The van der Waals surface area contributed by atoms with Crippen LogP contribution in [0.5, 0.6) is 0 Å². The zero-order valence-electron chi connectivity index (χ0n) is 11.4. The van der Waals surface area contributed by atoms with E-state index in [1.54, 1.807) is 12.4 Å². The Labute approximate surface area is 114 Å². The lowest BCUT2D eigenvalue weighted by atomic mass is 9.95. The molecule has 2 heterocycles. The molecule has 5 heteroatoms. The van der Waals surface area contributed by atoms with E-state index in [9.17, 15) is 5.11 Å². The Hall–Kier alpha value is -1.01. The smallest absolute Gasteiger partial charge is 0.0645 e. The number of nitrogens with zero attached hydrogens (tertiary/aromatic N) is 2. The van der Waals surface area contributed by atoms with Gasteiger partial charge in [-0.2, -0.15) is 0 Å². The summed E-state index contributed by atoms with van der Waals surface area (Å²) in [6, 6.07) is 4.17. The monoisotopic (exact) mass is 265 g/mol. The fourth-order valence-electron chi connectivity index (χ4n) is 2.66. The van der Waals surface area contributed by atoms with Crippen molar-refractivity contribution in [3.05, 3.63) is 30.1 Å². The van der Waals surface area contributed by atoms with Crippen molar-refractivity contribution in [1.82, 2.24) is 9.88 Å². The van der Waals surface area contributed by atoms with E-state index in [0.717, 1.165) is 18.5 Å². The largest absolute Gasteiger partial charge is 0.395 e. The van der Waals surface area contributed by atoms with Gasteiger partial charge in [-0.3, -0.25) is 9.88 Å². The number of rotatable bonds is 5. The molecule has 3 unspecified atom stereocenters. The van der Waals surface area contributed by atoms with Gasteiger partial charge in [-0.05, 0) is 24.1 Å². The second-order valence-corrected chi connectivity index (χ2v) is 4.95. The van der Waals surface area contributed by atoms with E-state index < -0.39 is 0 Å². The summed E-state index contributed by atoms with van der Waals surface area (Å²) in [5, 5.41) is 9.54. The van der Waals surface area contributed by atoms with Crippen LogP contribution in [-0.4, -0.2) is 53.4 Å². The molecule has 1 aromatic heterocycles. The minimum absolute atomic E-state index is 0.0181. The number of hydrogen-bond donors (Lipinski definition) is 2. The van der Waals surface area contributed by atoms with Crippen molar-refractivity contribution in [3.8, 4) is 0 Å². The van der Waals surface area contributed by atoms with Gasteiger partial charge in [-0.1, -0.05) is 6.92 Å². The zero-order chi connectivity index (χ0) is 13.7. The number of aliphatic hydroxyl groups is 1. The lowest BCUT2D eigenvalue weighted by Crippen LogP contribution is -2.53. The van der Waals surface area contributed by atoms with Crippen LogP contribution < -0.4 is 5.73 Å². The van der Waals surface area contributed by atoms with Crippen molar-refractivity contribution in [2.75, 3.05) is 26.4 Å². The lowest BCUT2D eigenvalue weighted by Gasteiger charge is -2.42. The van der Waals surface area contributed by atoms with Gasteiger partial charge in [-0.15, -0.1) is 0 Å². The molecule has 5 nitrogen and oxygen atoms in total. The Morgan fingerprint density at radius 3 is 2.89 bits per heavy atom. The third-order valence-corrected chi connectivity index (χ3v) is 3.77. The number of ether oxygens (including phenoxy) is 1. The minimum atomic E-state index is 0.0181. The molecule has 19 heavy (non-hydrogen) atoms. The normalized spacial score (nSPS) is 24.1. The summed E-state index contributed by atoms with van der Waals surface area (Å²) >= 11 is 0. The van der Waals surface area contributed by atoms with Crippen LogP contribution in [0.15, 0.2) is 24.5 Å². The minimum Gasteiger partial charge on any atom is -0.395 e. The molecule has 0 spiro atoms. The Morgan fingerprint density at radius 1 is 1.53 bits per heavy atom. The fourth-order valence-corrected chi connectivity index (χ4v) is 2.66. The van der Waals surface area contributed by atoms with E-state index in [2.05, 4.69) is 16.8 Å². The predicted octanol–water partition coefficient (Wildman–Crippen LogP) is 0.553. The van der Waals surface area contributed by atoms with E-state index in [-0.39, 0.29) is 24.7 Å². The SMILES string of the molecule is CCC(N)C(c1ccncc1)N1CCOCC1CO. The van der Waals surface area contributed by atoms with Gasteiger partial charge in [0.1, 0.15) is 0 Å². The molecule has 0 aromatic carbocycles. The second kappa shape index (κ2) is 6.96. The molecule has 0 amide bonds. The van der Waals surface area contributed by atoms with Gasteiger partial charge in [-0.25, -0.2) is 0 Å². The molecule has 1 aromatic rings. The molecule has 106 valence electrons. The Kier molecular flexibility index (Phi) is 5.27. The van der Waals surface area contributed by atoms with Gasteiger partial charge < -0.3 is 15.6 Å². The number of morpholine rings is 1. The highest BCUT2D eigenvalue weighted by molar-refractivity contribution is 5.18. The van der Waals surface area contributed by atoms with E-state index in [1.807, 2.05) is 12.1 Å². The molecule has 0 saturated carbocycles. The molecule has 0 aliphatic carbocycles. The van der Waals surface area contributed by atoms with Crippen LogP contribution in [0.25, 0.3) is 0 Å². The fraction of sp³-hybridized carbons (Fsp3) is 0.643. The summed E-state index contributed by atoms with van der Waals surface area (Å²) in [5.74, 6) is 0. The third-order valence-electron chi connectivity index (χ3n) is 3.77. The summed E-state index contributed by atoms with van der Waals surface area (Å²) in [5.41, 5.74) is 7.47. The first kappa shape index (κ1) is 14.4. The standard InChI is InChI=1S/C14H23N3O2/c1-2-13(15)14(11-3-5-16-6-4-11)17-7-8-19-10-12(17)9-18/h3-6,12-14,18H,2,7-10,15H2,1H3. The van der Waals surface area contributed by atoms with Crippen LogP contribution >= 0.6 is 0 Å². The van der Waals surface area contributed by atoms with E-state index in [1.165, 1.54) is 0 Å². The number of nitrogens with two attached hydrogens (primary N) is 1. The van der Waals surface area contributed by atoms with Crippen LogP contribution in [0.1, 0.15) is 24.9 Å². The molecule has 2 rings (SSSR count). The Morgan fingerprint density at radius 2 is 2.26 bits per heavy atom. The van der Waals surface area contributed by atoms with E-state index >= 15 is 0 Å². The first-order chi connectivity index (χ1) is 9.27. The molecule has 0 radical (unpaired) electrons.